The average Bonchev–Trinajstić information content (AvgIpc) is 2.58. The van der Waals surface area contributed by atoms with E-state index in [9.17, 15) is 10.2 Å². The van der Waals surface area contributed by atoms with Crippen LogP contribution in [0.5, 0.6) is 0 Å². The number of hydrogen-bond donors (Lipinski definition) is 2. The van der Waals surface area contributed by atoms with Gasteiger partial charge in [-0.3, -0.25) is 4.98 Å². The van der Waals surface area contributed by atoms with E-state index in [2.05, 4.69) is 58.4 Å². The van der Waals surface area contributed by atoms with Crippen LogP contribution >= 0.6 is 0 Å². The van der Waals surface area contributed by atoms with Crippen LogP contribution in [0.1, 0.15) is 112 Å². The van der Waals surface area contributed by atoms with Crippen LogP contribution in [0.4, 0.5) is 0 Å². The first kappa shape index (κ1) is 21.8. The van der Waals surface area contributed by atoms with Gasteiger partial charge in [-0.1, -0.05) is 48.5 Å². The molecule has 1 aliphatic rings. The summed E-state index contributed by atoms with van der Waals surface area (Å²) in [6, 6.07) is 0. The second-order valence-electron chi connectivity index (χ2n) is 10.6. The zero-order valence-electron chi connectivity index (χ0n) is 19.0. The smallest absolute Gasteiger partial charge is 0.133 e. The molecule has 2 aromatic rings. The molecule has 29 heavy (non-hydrogen) atoms. The number of rotatable bonds is 3. The van der Waals surface area contributed by atoms with Gasteiger partial charge in [-0.05, 0) is 36.7 Å². The summed E-state index contributed by atoms with van der Waals surface area (Å²) in [4.78, 5) is 13.9. The van der Waals surface area contributed by atoms with Crippen molar-refractivity contribution < 1.29 is 10.2 Å². The quantitative estimate of drug-likeness (QED) is 0.785. The van der Waals surface area contributed by atoms with Crippen molar-refractivity contribution in [1.29, 1.82) is 0 Å². The Kier molecular flexibility index (Phi) is 5.61. The maximum Gasteiger partial charge on any atom is 0.133 e. The molecule has 0 fully saturated rings. The zero-order chi connectivity index (χ0) is 21.7. The van der Waals surface area contributed by atoms with Gasteiger partial charge in [-0.15, -0.1) is 0 Å². The van der Waals surface area contributed by atoms with E-state index < -0.39 is 12.2 Å². The molecule has 0 radical (unpaired) electrons. The Hall–Kier alpha value is -1.85. The number of hydrogen-bond acceptors (Lipinski definition) is 5. The molecule has 5 nitrogen and oxygen atoms in total. The average molecular weight is 398 g/mol. The van der Waals surface area contributed by atoms with Crippen molar-refractivity contribution in [2.24, 2.45) is 5.41 Å². The lowest BCUT2D eigenvalue weighted by Crippen LogP contribution is -2.29. The highest BCUT2D eigenvalue weighted by Gasteiger charge is 2.36. The second kappa shape index (κ2) is 7.44. The van der Waals surface area contributed by atoms with Gasteiger partial charge in [-0.2, -0.15) is 0 Å². The third-order valence-corrected chi connectivity index (χ3v) is 5.85. The maximum absolute atomic E-state index is 11.3. The van der Waals surface area contributed by atoms with Gasteiger partial charge in [0.05, 0.1) is 6.10 Å². The largest absolute Gasteiger partial charge is 0.388 e. The molecule has 0 saturated heterocycles. The van der Waals surface area contributed by atoms with Crippen LogP contribution < -0.4 is 0 Å². The van der Waals surface area contributed by atoms with E-state index in [0.29, 0.717) is 12.0 Å². The summed E-state index contributed by atoms with van der Waals surface area (Å²) >= 11 is 0. The molecular weight excluding hydrogens is 362 g/mol. The number of pyridine rings is 1. The minimum absolute atomic E-state index is 0.0108. The lowest BCUT2D eigenvalue weighted by Gasteiger charge is -2.36. The van der Waals surface area contributed by atoms with E-state index in [1.54, 1.807) is 12.4 Å². The summed E-state index contributed by atoms with van der Waals surface area (Å²) in [7, 11) is 0. The van der Waals surface area contributed by atoms with Crippen LogP contribution in [0.15, 0.2) is 12.4 Å². The molecule has 2 atom stereocenters. The molecule has 2 heterocycles. The third-order valence-electron chi connectivity index (χ3n) is 5.85. The first-order valence-electron chi connectivity index (χ1n) is 10.5. The predicted octanol–water partition coefficient (Wildman–Crippen LogP) is 4.69. The van der Waals surface area contributed by atoms with E-state index >= 15 is 0 Å². The van der Waals surface area contributed by atoms with Gasteiger partial charge < -0.3 is 10.2 Å². The molecule has 5 heteroatoms. The molecule has 0 amide bonds. The zero-order valence-corrected chi connectivity index (χ0v) is 19.0. The van der Waals surface area contributed by atoms with E-state index in [0.717, 1.165) is 40.3 Å². The molecule has 0 spiro atoms. The van der Waals surface area contributed by atoms with Gasteiger partial charge in [0.15, 0.2) is 0 Å². The standard InChI is InChI=1S/C24H35N3O2/c1-13(2)20-19(21(29)15-11-25-22(26-12-15)23(4,5)6)14(3)18-16(27-20)9-24(7,8)10-17(18)28/h11-13,17,21,28-29H,9-10H2,1-8H3/t17-,21+/m0/s1. The molecule has 2 aromatic heterocycles. The first-order chi connectivity index (χ1) is 13.3. The Bertz CT molecular complexity index is 896. The van der Waals surface area contributed by atoms with Gasteiger partial charge in [0.1, 0.15) is 11.9 Å². The molecule has 1 aliphatic carbocycles. The van der Waals surface area contributed by atoms with Crippen LogP contribution in [0.3, 0.4) is 0 Å². The lowest BCUT2D eigenvalue weighted by atomic mass is 9.72. The summed E-state index contributed by atoms with van der Waals surface area (Å²) < 4.78 is 0. The number of aliphatic hydroxyl groups excluding tert-OH is 2. The second-order valence-corrected chi connectivity index (χ2v) is 10.6. The Labute approximate surface area is 174 Å². The predicted molar refractivity (Wildman–Crippen MR) is 115 cm³/mol. The van der Waals surface area contributed by atoms with Crippen molar-refractivity contribution in [2.45, 2.75) is 91.8 Å². The molecule has 0 saturated carbocycles. The number of fused-ring (bicyclic) bond motifs is 1. The fourth-order valence-corrected chi connectivity index (χ4v) is 4.37. The summed E-state index contributed by atoms with van der Waals surface area (Å²) in [6.07, 6.45) is 3.51. The number of aliphatic hydroxyl groups is 2. The minimum Gasteiger partial charge on any atom is -0.388 e. The van der Waals surface area contributed by atoms with Gasteiger partial charge in [0.25, 0.3) is 0 Å². The third kappa shape index (κ3) is 4.22. The van der Waals surface area contributed by atoms with Gasteiger partial charge >= 0.3 is 0 Å². The molecular formula is C24H35N3O2. The van der Waals surface area contributed by atoms with Crippen molar-refractivity contribution in [3.05, 3.63) is 51.9 Å². The van der Waals surface area contributed by atoms with Crippen LogP contribution in [-0.2, 0) is 11.8 Å². The van der Waals surface area contributed by atoms with E-state index in [-0.39, 0.29) is 16.7 Å². The summed E-state index contributed by atoms with van der Waals surface area (Å²) in [5.74, 6) is 0.899. The van der Waals surface area contributed by atoms with Crippen molar-refractivity contribution in [2.75, 3.05) is 0 Å². The van der Waals surface area contributed by atoms with Crippen LogP contribution in [-0.4, -0.2) is 25.2 Å². The Morgan fingerprint density at radius 1 is 1.14 bits per heavy atom. The van der Waals surface area contributed by atoms with E-state index in [4.69, 9.17) is 4.98 Å². The summed E-state index contributed by atoms with van der Waals surface area (Å²) in [5, 5.41) is 22.1. The van der Waals surface area contributed by atoms with Crippen LogP contribution in [0.25, 0.3) is 0 Å². The highest BCUT2D eigenvalue weighted by molar-refractivity contribution is 5.47. The monoisotopic (exact) mass is 397 g/mol. The summed E-state index contributed by atoms with van der Waals surface area (Å²) in [6.45, 7) is 16.7. The van der Waals surface area contributed by atoms with E-state index in [1.165, 1.54) is 0 Å². The normalized spacial score (nSPS) is 19.9. The van der Waals surface area contributed by atoms with Gasteiger partial charge in [0.2, 0.25) is 0 Å². The molecule has 158 valence electrons. The van der Waals surface area contributed by atoms with E-state index in [1.807, 2.05) is 6.92 Å². The van der Waals surface area contributed by atoms with Gasteiger partial charge in [-0.25, -0.2) is 9.97 Å². The summed E-state index contributed by atoms with van der Waals surface area (Å²) in [5.41, 5.74) is 4.97. The molecule has 0 bridgehead atoms. The van der Waals surface area contributed by atoms with Crippen molar-refractivity contribution in [3.63, 3.8) is 0 Å². The Balaban J connectivity index is 2.12. The SMILES string of the molecule is Cc1c([C@H](O)c2cnc(C(C)(C)C)nc2)c(C(C)C)nc2c1[C@@H](O)CC(C)(C)C2. The number of aromatic nitrogens is 3. The molecule has 0 unspecified atom stereocenters. The Morgan fingerprint density at radius 3 is 2.24 bits per heavy atom. The van der Waals surface area contributed by atoms with Crippen molar-refractivity contribution >= 4 is 0 Å². The number of nitrogens with zero attached hydrogens (tertiary/aromatic N) is 3. The maximum atomic E-state index is 11.3. The molecule has 3 rings (SSSR count). The molecule has 2 N–H and O–H groups in total. The van der Waals surface area contributed by atoms with Gasteiger partial charge in [0, 0.05) is 45.9 Å². The van der Waals surface area contributed by atoms with Crippen molar-refractivity contribution in [1.82, 2.24) is 15.0 Å². The lowest BCUT2D eigenvalue weighted by molar-refractivity contribution is 0.0968. The highest BCUT2D eigenvalue weighted by atomic mass is 16.3. The topological polar surface area (TPSA) is 79.1 Å². The highest BCUT2D eigenvalue weighted by Crippen LogP contribution is 2.44. The van der Waals surface area contributed by atoms with Crippen LogP contribution in [0.2, 0.25) is 0 Å². The fourth-order valence-electron chi connectivity index (χ4n) is 4.37. The van der Waals surface area contributed by atoms with Crippen molar-refractivity contribution in [3.8, 4) is 0 Å². The Morgan fingerprint density at radius 2 is 1.72 bits per heavy atom. The fraction of sp³-hybridized carbons (Fsp3) is 0.625. The molecule has 0 aromatic carbocycles. The minimum atomic E-state index is -0.874. The van der Waals surface area contributed by atoms with Crippen LogP contribution in [0, 0.1) is 12.3 Å². The molecule has 0 aliphatic heterocycles. The first-order valence-corrected chi connectivity index (χ1v) is 10.5.